The fourth-order valence-electron chi connectivity index (χ4n) is 3.98. The molecule has 2 N–H and O–H groups in total. The van der Waals surface area contributed by atoms with E-state index in [1.165, 1.54) is 4.57 Å². The minimum absolute atomic E-state index is 0.0390. The van der Waals surface area contributed by atoms with Gasteiger partial charge in [0.2, 0.25) is 5.91 Å². The fourth-order valence-corrected chi connectivity index (χ4v) is 3.98. The van der Waals surface area contributed by atoms with Crippen LogP contribution >= 0.6 is 0 Å². The summed E-state index contributed by atoms with van der Waals surface area (Å²) in [6.45, 7) is 3.77. The number of carbonyl (C=O) groups is 1. The van der Waals surface area contributed by atoms with E-state index >= 15 is 0 Å². The third-order valence-electron chi connectivity index (χ3n) is 5.91. The average Bonchev–Trinajstić information content (AvgIpc) is 2.87. The number of para-hydroxylation sites is 1. The summed E-state index contributed by atoms with van der Waals surface area (Å²) in [5.41, 5.74) is 0.731. The van der Waals surface area contributed by atoms with Gasteiger partial charge >= 0.3 is 0 Å². The van der Waals surface area contributed by atoms with Gasteiger partial charge in [-0.3, -0.25) is 14.5 Å². The highest BCUT2D eigenvalue weighted by Gasteiger charge is 2.20. The molecule has 0 atom stereocenters. The van der Waals surface area contributed by atoms with Crippen molar-refractivity contribution >= 4 is 11.7 Å². The fraction of sp³-hybridized carbons (Fsp3) is 0.346. The predicted molar refractivity (Wildman–Crippen MR) is 132 cm³/mol. The molecule has 3 aromatic rings. The van der Waals surface area contributed by atoms with E-state index in [4.69, 9.17) is 4.74 Å². The molecular weight excluding hydrogens is 430 g/mol. The molecule has 0 spiro atoms. The van der Waals surface area contributed by atoms with Crippen LogP contribution in [-0.2, 0) is 17.9 Å². The second-order valence-corrected chi connectivity index (χ2v) is 8.39. The number of anilines is 1. The summed E-state index contributed by atoms with van der Waals surface area (Å²) in [5.74, 6) is 0.970. The average molecular weight is 462 g/mol. The smallest absolute Gasteiger partial charge is 0.293 e. The van der Waals surface area contributed by atoms with Crippen molar-refractivity contribution in [2.24, 2.45) is 0 Å². The molecule has 0 radical (unpaired) electrons. The molecule has 1 saturated heterocycles. The van der Waals surface area contributed by atoms with E-state index in [-0.39, 0.29) is 24.1 Å². The van der Waals surface area contributed by atoms with Crippen LogP contribution in [0.15, 0.2) is 77.9 Å². The van der Waals surface area contributed by atoms with Gasteiger partial charge in [0, 0.05) is 44.6 Å². The number of carbonyl (C=O) groups excluding carboxylic acids is 1. The number of hydrogen-bond donors (Lipinski definition) is 2. The molecule has 0 aliphatic carbocycles. The van der Waals surface area contributed by atoms with Crippen LogP contribution in [0.25, 0.3) is 0 Å². The number of piperidine rings is 1. The van der Waals surface area contributed by atoms with Crippen molar-refractivity contribution in [3.63, 3.8) is 0 Å². The zero-order chi connectivity index (χ0) is 23.6. The summed E-state index contributed by atoms with van der Waals surface area (Å²) in [5, 5.41) is 6.14. The van der Waals surface area contributed by atoms with Crippen molar-refractivity contribution in [2.75, 3.05) is 31.6 Å². The van der Waals surface area contributed by atoms with Gasteiger partial charge in [0.25, 0.3) is 5.56 Å². The van der Waals surface area contributed by atoms with Crippen LogP contribution in [0.3, 0.4) is 0 Å². The Morgan fingerprint density at radius 2 is 1.74 bits per heavy atom. The number of nitrogens with one attached hydrogen (secondary N) is 2. The zero-order valence-electron chi connectivity index (χ0n) is 19.2. The largest absolute Gasteiger partial charge is 0.492 e. The predicted octanol–water partition coefficient (Wildman–Crippen LogP) is 2.51. The summed E-state index contributed by atoms with van der Waals surface area (Å²) >= 11 is 0. The molecule has 0 unspecified atom stereocenters. The molecule has 0 saturated carbocycles. The highest BCUT2D eigenvalue weighted by atomic mass is 16.5. The molecule has 2 heterocycles. The molecule has 1 amide bonds. The monoisotopic (exact) mass is 461 g/mol. The zero-order valence-corrected chi connectivity index (χ0v) is 19.2. The molecule has 0 bridgehead atoms. The number of aromatic nitrogens is 2. The van der Waals surface area contributed by atoms with Crippen LogP contribution in [0, 0.1) is 0 Å². The van der Waals surface area contributed by atoms with E-state index < -0.39 is 0 Å². The van der Waals surface area contributed by atoms with Gasteiger partial charge in [0.15, 0.2) is 5.82 Å². The quantitative estimate of drug-likeness (QED) is 0.482. The van der Waals surface area contributed by atoms with Gasteiger partial charge in [-0.05, 0) is 30.5 Å². The lowest BCUT2D eigenvalue weighted by Crippen LogP contribution is -2.42. The van der Waals surface area contributed by atoms with Crippen LogP contribution in [-0.4, -0.2) is 52.6 Å². The van der Waals surface area contributed by atoms with Crippen LogP contribution in [0.5, 0.6) is 5.75 Å². The van der Waals surface area contributed by atoms with Crippen molar-refractivity contribution < 1.29 is 9.53 Å². The summed E-state index contributed by atoms with van der Waals surface area (Å²) in [4.78, 5) is 31.7. The van der Waals surface area contributed by atoms with Crippen LogP contribution in [0.2, 0.25) is 0 Å². The van der Waals surface area contributed by atoms with E-state index in [1.807, 2.05) is 60.7 Å². The van der Waals surface area contributed by atoms with Crippen molar-refractivity contribution in [3.8, 4) is 5.75 Å². The number of nitrogens with zero attached hydrogens (tertiary/aromatic N) is 3. The molecule has 1 aliphatic heterocycles. The Hall–Kier alpha value is -3.65. The number of likely N-dealkylation sites (tertiary alicyclic amines) is 1. The van der Waals surface area contributed by atoms with Crippen molar-refractivity contribution in [3.05, 3.63) is 89.0 Å². The Kier molecular flexibility index (Phi) is 8.29. The minimum Gasteiger partial charge on any atom is -0.492 e. The summed E-state index contributed by atoms with van der Waals surface area (Å²) in [6.07, 6.45) is 4.94. The second kappa shape index (κ2) is 12.0. The summed E-state index contributed by atoms with van der Waals surface area (Å²) in [7, 11) is 0. The maximum atomic E-state index is 12.8. The molecule has 8 nitrogen and oxygen atoms in total. The lowest BCUT2D eigenvalue weighted by atomic mass is 10.1. The Morgan fingerprint density at radius 1 is 1.03 bits per heavy atom. The number of amides is 1. The Balaban J connectivity index is 1.21. The Bertz CT molecular complexity index is 1100. The first-order valence-corrected chi connectivity index (χ1v) is 11.7. The second-order valence-electron chi connectivity index (χ2n) is 8.39. The first-order chi connectivity index (χ1) is 16.7. The minimum atomic E-state index is -0.281. The highest BCUT2D eigenvalue weighted by molar-refractivity contribution is 5.75. The molecule has 8 heteroatoms. The van der Waals surface area contributed by atoms with Gasteiger partial charge in [0.05, 0.1) is 0 Å². The summed E-state index contributed by atoms with van der Waals surface area (Å²) in [6, 6.07) is 19.7. The van der Waals surface area contributed by atoms with E-state index in [2.05, 4.69) is 20.5 Å². The topological polar surface area (TPSA) is 88.5 Å². The number of ether oxygens (including phenoxy) is 1. The molecule has 1 aliphatic rings. The maximum absolute atomic E-state index is 12.8. The molecule has 2 aromatic carbocycles. The Morgan fingerprint density at radius 3 is 2.47 bits per heavy atom. The maximum Gasteiger partial charge on any atom is 0.293 e. The third kappa shape index (κ3) is 6.92. The lowest BCUT2D eigenvalue weighted by molar-refractivity contribution is -0.121. The number of rotatable bonds is 10. The van der Waals surface area contributed by atoms with E-state index in [1.54, 1.807) is 12.4 Å². The number of benzene rings is 2. The molecule has 4 rings (SSSR count). The van der Waals surface area contributed by atoms with Crippen LogP contribution in [0.4, 0.5) is 5.82 Å². The first-order valence-electron chi connectivity index (χ1n) is 11.7. The van der Waals surface area contributed by atoms with E-state index in [9.17, 15) is 9.59 Å². The van der Waals surface area contributed by atoms with Crippen LogP contribution < -0.4 is 20.9 Å². The standard InChI is InChI=1S/C26H31N5O3/c32-24(28-19-21-7-3-1-4-8-21)20-31-16-13-27-25(26(31)33)29-22-11-14-30(15-12-22)17-18-34-23-9-5-2-6-10-23/h1-10,13,16,22H,11-12,14-15,17-20H2,(H,27,29)(H,28,32). The first kappa shape index (κ1) is 23.5. The van der Waals surface area contributed by atoms with Gasteiger partial charge in [-0.15, -0.1) is 0 Å². The van der Waals surface area contributed by atoms with Crippen molar-refractivity contribution in [2.45, 2.75) is 32.0 Å². The van der Waals surface area contributed by atoms with Crippen molar-refractivity contribution in [1.82, 2.24) is 19.8 Å². The molecule has 1 aromatic heterocycles. The molecule has 178 valence electrons. The molecule has 34 heavy (non-hydrogen) atoms. The Labute approximate surface area is 199 Å². The number of hydrogen-bond acceptors (Lipinski definition) is 6. The lowest BCUT2D eigenvalue weighted by Gasteiger charge is -2.32. The molecular formula is C26H31N5O3. The van der Waals surface area contributed by atoms with Gasteiger partial charge in [-0.2, -0.15) is 0 Å². The van der Waals surface area contributed by atoms with Crippen molar-refractivity contribution in [1.29, 1.82) is 0 Å². The summed E-state index contributed by atoms with van der Waals surface area (Å²) < 4.78 is 7.18. The van der Waals surface area contributed by atoms with E-state index in [0.717, 1.165) is 43.8 Å². The normalized spacial score (nSPS) is 14.5. The van der Waals surface area contributed by atoms with Gasteiger partial charge in [-0.1, -0.05) is 48.5 Å². The SMILES string of the molecule is O=C(Cn1ccnc(NC2CCN(CCOc3ccccc3)CC2)c1=O)NCc1ccccc1. The third-order valence-corrected chi connectivity index (χ3v) is 5.91. The van der Waals surface area contributed by atoms with E-state index in [0.29, 0.717) is 19.0 Å². The van der Waals surface area contributed by atoms with Gasteiger partial charge in [-0.25, -0.2) is 4.98 Å². The van der Waals surface area contributed by atoms with Gasteiger partial charge < -0.3 is 19.9 Å². The molecule has 1 fully saturated rings. The van der Waals surface area contributed by atoms with Crippen LogP contribution in [0.1, 0.15) is 18.4 Å². The highest BCUT2D eigenvalue weighted by Crippen LogP contribution is 2.14. The van der Waals surface area contributed by atoms with Gasteiger partial charge in [0.1, 0.15) is 18.9 Å².